The highest BCUT2D eigenvalue weighted by Gasteiger charge is 2.34. The van der Waals surface area contributed by atoms with Crippen molar-refractivity contribution in [1.29, 1.82) is 0 Å². The number of amides is 3. The van der Waals surface area contributed by atoms with Gasteiger partial charge in [-0.3, -0.25) is 4.79 Å². The number of nitrogens with zero attached hydrogens (tertiary/aromatic N) is 1. The molecule has 1 aliphatic carbocycles. The van der Waals surface area contributed by atoms with Crippen LogP contribution in [0.2, 0.25) is 0 Å². The van der Waals surface area contributed by atoms with Gasteiger partial charge >= 0.3 is 6.03 Å². The summed E-state index contributed by atoms with van der Waals surface area (Å²) in [5.74, 6) is 0.121. The summed E-state index contributed by atoms with van der Waals surface area (Å²) in [5.41, 5.74) is 0.0138. The number of fused-ring (bicyclic) bond motifs is 1. The van der Waals surface area contributed by atoms with Gasteiger partial charge in [-0.25, -0.2) is 9.18 Å². The van der Waals surface area contributed by atoms with Crippen LogP contribution >= 0.6 is 0 Å². The van der Waals surface area contributed by atoms with Crippen LogP contribution in [0, 0.1) is 17.7 Å². The van der Waals surface area contributed by atoms with Gasteiger partial charge in [0.25, 0.3) is 5.91 Å². The molecule has 3 amide bonds. The van der Waals surface area contributed by atoms with Crippen LogP contribution in [0.3, 0.4) is 0 Å². The van der Waals surface area contributed by atoms with Gasteiger partial charge in [0.05, 0.1) is 5.56 Å². The number of benzene rings is 1. The Kier molecular flexibility index (Phi) is 5.13. The molecule has 0 radical (unpaired) electrons. The van der Waals surface area contributed by atoms with Crippen molar-refractivity contribution in [2.24, 2.45) is 11.8 Å². The standard InChI is InChI=1S/C18H22FN3O2/c19-16-8-4-3-7-15(16)17(23)20-9-10-21-18(24)22-11-13-5-1-2-6-14(13)12-22/h1-4,7-8,13-14H,5-6,9-12H2,(H,20,23)(H,21,24). The second kappa shape index (κ2) is 7.47. The summed E-state index contributed by atoms with van der Waals surface area (Å²) in [7, 11) is 0. The Morgan fingerprint density at radius 1 is 1.04 bits per heavy atom. The van der Waals surface area contributed by atoms with Crippen molar-refractivity contribution >= 4 is 11.9 Å². The molecule has 6 heteroatoms. The van der Waals surface area contributed by atoms with Crippen molar-refractivity contribution in [3.8, 4) is 0 Å². The van der Waals surface area contributed by atoms with Crippen LogP contribution < -0.4 is 10.6 Å². The van der Waals surface area contributed by atoms with Crippen molar-refractivity contribution in [3.05, 3.63) is 47.8 Å². The summed E-state index contributed by atoms with van der Waals surface area (Å²) in [6.07, 6.45) is 6.49. The molecule has 2 unspecified atom stereocenters. The van der Waals surface area contributed by atoms with Gasteiger partial charge in [-0.15, -0.1) is 0 Å². The highest BCUT2D eigenvalue weighted by Crippen LogP contribution is 2.32. The summed E-state index contributed by atoms with van der Waals surface area (Å²) in [6, 6.07) is 5.74. The molecular formula is C18H22FN3O2. The summed E-state index contributed by atoms with van der Waals surface area (Å²) >= 11 is 0. The van der Waals surface area contributed by atoms with Crippen molar-refractivity contribution in [3.63, 3.8) is 0 Å². The van der Waals surface area contributed by atoms with E-state index in [4.69, 9.17) is 0 Å². The first kappa shape index (κ1) is 16.5. The molecule has 24 heavy (non-hydrogen) atoms. The molecule has 1 fully saturated rings. The first-order valence-corrected chi connectivity index (χ1v) is 8.35. The topological polar surface area (TPSA) is 61.4 Å². The number of rotatable bonds is 4. The SMILES string of the molecule is O=C(NCCNC(=O)N1CC2CC=CCC2C1)c1ccccc1F. The number of carbonyl (C=O) groups is 2. The van der Waals surface area contributed by atoms with Crippen LogP contribution in [0.15, 0.2) is 36.4 Å². The Morgan fingerprint density at radius 2 is 1.67 bits per heavy atom. The number of hydrogen-bond acceptors (Lipinski definition) is 2. The summed E-state index contributed by atoms with van der Waals surface area (Å²) < 4.78 is 13.5. The average Bonchev–Trinajstić information content (AvgIpc) is 3.03. The average molecular weight is 331 g/mol. The number of carbonyl (C=O) groups excluding carboxylic acids is 2. The van der Waals surface area contributed by atoms with E-state index in [0.717, 1.165) is 25.9 Å². The van der Waals surface area contributed by atoms with E-state index in [-0.39, 0.29) is 18.1 Å². The maximum Gasteiger partial charge on any atom is 0.317 e. The van der Waals surface area contributed by atoms with Gasteiger partial charge in [0.1, 0.15) is 5.82 Å². The fraction of sp³-hybridized carbons (Fsp3) is 0.444. The molecule has 1 heterocycles. The van der Waals surface area contributed by atoms with Crippen LogP contribution in [0.1, 0.15) is 23.2 Å². The summed E-state index contributed by atoms with van der Waals surface area (Å²) in [5, 5.41) is 5.43. The molecule has 1 aliphatic heterocycles. The molecule has 1 aromatic rings. The van der Waals surface area contributed by atoms with Gasteiger partial charge in [-0.05, 0) is 36.8 Å². The molecule has 0 spiro atoms. The Bertz CT molecular complexity index is 631. The van der Waals surface area contributed by atoms with E-state index in [1.165, 1.54) is 18.2 Å². The third-order valence-corrected chi connectivity index (χ3v) is 4.71. The van der Waals surface area contributed by atoms with Gasteiger partial charge < -0.3 is 15.5 Å². The van der Waals surface area contributed by atoms with Crippen LogP contribution in [-0.4, -0.2) is 43.0 Å². The molecule has 0 saturated carbocycles. The molecule has 1 saturated heterocycles. The normalized spacial score (nSPS) is 22.1. The molecule has 3 rings (SSSR count). The molecule has 5 nitrogen and oxygen atoms in total. The molecule has 2 N–H and O–H groups in total. The van der Waals surface area contributed by atoms with E-state index < -0.39 is 11.7 Å². The zero-order valence-corrected chi connectivity index (χ0v) is 13.5. The second-order valence-corrected chi connectivity index (χ2v) is 6.34. The molecule has 0 bridgehead atoms. The number of urea groups is 1. The first-order valence-electron chi connectivity index (χ1n) is 8.35. The van der Waals surface area contributed by atoms with Crippen LogP contribution in [-0.2, 0) is 0 Å². The van der Waals surface area contributed by atoms with Crippen LogP contribution in [0.25, 0.3) is 0 Å². The largest absolute Gasteiger partial charge is 0.350 e. The van der Waals surface area contributed by atoms with Gasteiger partial charge in [-0.1, -0.05) is 24.3 Å². The molecule has 1 aromatic carbocycles. The monoisotopic (exact) mass is 331 g/mol. The fourth-order valence-electron chi connectivity index (χ4n) is 3.38. The predicted molar refractivity (Wildman–Crippen MR) is 89.1 cm³/mol. The third kappa shape index (κ3) is 3.75. The highest BCUT2D eigenvalue weighted by molar-refractivity contribution is 5.94. The number of nitrogens with one attached hydrogen (secondary N) is 2. The molecule has 2 aliphatic rings. The predicted octanol–water partition coefficient (Wildman–Crippen LogP) is 2.16. The van der Waals surface area contributed by atoms with Crippen molar-refractivity contribution in [1.82, 2.24) is 15.5 Å². The number of halogens is 1. The Morgan fingerprint density at radius 3 is 2.33 bits per heavy atom. The van der Waals surface area contributed by atoms with Crippen LogP contribution in [0.5, 0.6) is 0 Å². The van der Waals surface area contributed by atoms with Gasteiger partial charge in [0.15, 0.2) is 0 Å². The van der Waals surface area contributed by atoms with Crippen molar-refractivity contribution in [2.45, 2.75) is 12.8 Å². The minimum absolute atomic E-state index is 0.0138. The maximum atomic E-state index is 13.5. The van der Waals surface area contributed by atoms with Gasteiger partial charge in [-0.2, -0.15) is 0 Å². The number of allylic oxidation sites excluding steroid dienone is 2. The minimum Gasteiger partial charge on any atom is -0.350 e. The zero-order chi connectivity index (χ0) is 16.9. The molecule has 2 atom stereocenters. The van der Waals surface area contributed by atoms with Crippen LogP contribution in [0.4, 0.5) is 9.18 Å². The molecule has 0 aromatic heterocycles. The second-order valence-electron chi connectivity index (χ2n) is 6.34. The zero-order valence-electron chi connectivity index (χ0n) is 13.5. The Labute approximate surface area is 140 Å². The van der Waals surface area contributed by atoms with Crippen molar-refractivity contribution < 1.29 is 14.0 Å². The number of likely N-dealkylation sites (tertiary alicyclic amines) is 1. The van der Waals surface area contributed by atoms with Gasteiger partial charge in [0, 0.05) is 26.2 Å². The molecule has 128 valence electrons. The molecular weight excluding hydrogens is 309 g/mol. The lowest BCUT2D eigenvalue weighted by molar-refractivity contribution is 0.0949. The maximum absolute atomic E-state index is 13.5. The quantitative estimate of drug-likeness (QED) is 0.656. The van der Waals surface area contributed by atoms with Crippen molar-refractivity contribution in [2.75, 3.05) is 26.2 Å². The van der Waals surface area contributed by atoms with Gasteiger partial charge in [0.2, 0.25) is 0 Å². The third-order valence-electron chi connectivity index (χ3n) is 4.71. The minimum atomic E-state index is -0.549. The smallest absolute Gasteiger partial charge is 0.317 e. The lowest BCUT2D eigenvalue weighted by atomic mass is 9.86. The summed E-state index contributed by atoms with van der Waals surface area (Å²) in [6.45, 7) is 2.18. The Balaban J connectivity index is 1.38. The van der Waals surface area contributed by atoms with E-state index >= 15 is 0 Å². The summed E-state index contributed by atoms with van der Waals surface area (Å²) in [4.78, 5) is 25.9. The first-order chi connectivity index (χ1) is 11.6. The lowest BCUT2D eigenvalue weighted by Gasteiger charge is -2.17. The van der Waals surface area contributed by atoms with E-state index in [1.54, 1.807) is 6.07 Å². The van der Waals surface area contributed by atoms with E-state index in [1.807, 2.05) is 4.90 Å². The van der Waals surface area contributed by atoms with E-state index in [2.05, 4.69) is 22.8 Å². The Hall–Kier alpha value is -2.37. The van der Waals surface area contributed by atoms with E-state index in [9.17, 15) is 14.0 Å². The number of hydrogen-bond donors (Lipinski definition) is 2. The lowest BCUT2D eigenvalue weighted by Crippen LogP contribution is -2.42. The van der Waals surface area contributed by atoms with E-state index in [0.29, 0.717) is 18.4 Å². The highest BCUT2D eigenvalue weighted by atomic mass is 19.1. The fourth-order valence-corrected chi connectivity index (χ4v) is 3.38.